The lowest BCUT2D eigenvalue weighted by Gasteiger charge is -2.09. The van der Waals surface area contributed by atoms with Crippen molar-refractivity contribution in [3.63, 3.8) is 0 Å². The zero-order valence-electron chi connectivity index (χ0n) is 52.5. The van der Waals surface area contributed by atoms with Crippen LogP contribution in [0.5, 0.6) is 0 Å². The van der Waals surface area contributed by atoms with Crippen molar-refractivity contribution >= 4 is 110 Å². The van der Waals surface area contributed by atoms with Crippen molar-refractivity contribution in [3.8, 4) is 45.0 Å². The molecule has 0 radical (unpaired) electrons. The number of nitrogens with one attached hydrogen (secondary N) is 4. The van der Waals surface area contributed by atoms with Crippen LogP contribution in [-0.2, 0) is 19.6 Å². The highest BCUT2D eigenvalue weighted by atomic mass is 16.3. The molecule has 0 saturated heterocycles. The number of aliphatic hydroxyl groups excluding tert-OH is 1. The first kappa shape index (κ1) is 60.3. The molecule has 13 N–H and O–H groups in total. The molecule has 3 unspecified atom stereocenters. The van der Waals surface area contributed by atoms with Gasteiger partial charge in [-0.2, -0.15) is 40.8 Å². The summed E-state index contributed by atoms with van der Waals surface area (Å²) in [4.78, 5) is 18.2. The van der Waals surface area contributed by atoms with Gasteiger partial charge in [0.2, 0.25) is 0 Å². The van der Waals surface area contributed by atoms with Crippen LogP contribution in [0.4, 0.5) is 23.3 Å². The second-order valence-corrected chi connectivity index (χ2v) is 23.5. The van der Waals surface area contributed by atoms with Crippen LogP contribution in [0.25, 0.3) is 132 Å². The van der Waals surface area contributed by atoms with E-state index in [4.69, 9.17) is 33.1 Å². The van der Waals surface area contributed by atoms with Crippen molar-refractivity contribution in [1.82, 2.24) is 99.8 Å². The number of benzene rings is 4. The largest absolute Gasteiger partial charge is 0.391 e. The monoisotopic (exact) mass is 1240 g/mol. The van der Waals surface area contributed by atoms with E-state index in [1.807, 2.05) is 112 Å². The smallest absolute Gasteiger partial charge is 0.135 e. The minimum absolute atomic E-state index is 0.348. The van der Waals surface area contributed by atoms with E-state index in [-0.39, 0.29) is 0 Å². The van der Waals surface area contributed by atoms with Crippen molar-refractivity contribution in [2.75, 3.05) is 22.9 Å². The van der Waals surface area contributed by atoms with E-state index in [9.17, 15) is 5.11 Å². The van der Waals surface area contributed by atoms with Gasteiger partial charge in [0.25, 0.3) is 0 Å². The van der Waals surface area contributed by atoms with E-state index in [0.29, 0.717) is 41.8 Å². The summed E-state index contributed by atoms with van der Waals surface area (Å²) in [5.74, 6) is 2.58. The van der Waals surface area contributed by atoms with Crippen molar-refractivity contribution in [2.45, 2.75) is 99.0 Å². The number of rotatable bonds is 14. The minimum atomic E-state index is -0.475. The molecule has 0 fully saturated rings. The molecule has 0 aliphatic rings. The number of H-pyrrole nitrogens is 4. The van der Waals surface area contributed by atoms with E-state index in [1.165, 1.54) is 0 Å². The fourth-order valence-electron chi connectivity index (χ4n) is 11.6. The molecule has 0 saturated carbocycles. The quantitative estimate of drug-likeness (QED) is 0.0488. The first-order valence-corrected chi connectivity index (χ1v) is 31.1. The number of aromatic nitrogens is 20. The second kappa shape index (κ2) is 25.7. The molecule has 4 aromatic carbocycles. The lowest BCUT2D eigenvalue weighted by Crippen LogP contribution is -2.11. The Bertz CT molecular complexity index is 5250. The van der Waals surface area contributed by atoms with Crippen LogP contribution < -0.4 is 22.9 Å². The zero-order chi connectivity index (χ0) is 64.4. The zero-order valence-corrected chi connectivity index (χ0v) is 52.5. The Morgan fingerprint density at radius 1 is 0.409 bits per heavy atom. The third kappa shape index (κ3) is 12.3. The molecule has 25 heteroatoms. The van der Waals surface area contributed by atoms with Gasteiger partial charge in [-0.25, -0.2) is 19.9 Å². The van der Waals surface area contributed by atoms with Crippen LogP contribution in [0, 0.1) is 5.92 Å². The highest BCUT2D eigenvalue weighted by Gasteiger charge is 2.18. The van der Waals surface area contributed by atoms with E-state index < -0.39 is 6.10 Å². The summed E-state index contributed by atoms with van der Waals surface area (Å²) in [7, 11) is 0. The Morgan fingerprint density at radius 2 is 0.753 bits per heavy atom. The van der Waals surface area contributed by atoms with Gasteiger partial charge in [0.15, 0.2) is 0 Å². The predicted octanol–water partition coefficient (Wildman–Crippen LogP) is 12.4. The number of nitrogen functional groups attached to an aromatic ring is 4. The van der Waals surface area contributed by atoms with E-state index in [0.717, 1.165) is 171 Å². The maximum absolute atomic E-state index is 9.54. The van der Waals surface area contributed by atoms with E-state index in [2.05, 4.69) is 130 Å². The Balaban J connectivity index is 0.000000113. The number of nitrogens with two attached hydrogens (primary N) is 4. The van der Waals surface area contributed by atoms with Crippen molar-refractivity contribution < 1.29 is 5.11 Å². The number of aromatic amines is 4. The summed E-state index contributed by atoms with van der Waals surface area (Å²) in [6.07, 6.45) is 18.6. The predicted molar refractivity (Wildman–Crippen MR) is 369 cm³/mol. The molecule has 0 aliphatic heterocycles. The molecule has 0 amide bonds. The second-order valence-electron chi connectivity index (χ2n) is 23.5. The van der Waals surface area contributed by atoms with Gasteiger partial charge >= 0.3 is 0 Å². The van der Waals surface area contributed by atoms with Crippen LogP contribution in [0.15, 0.2) is 147 Å². The van der Waals surface area contributed by atoms with Crippen LogP contribution in [0.1, 0.15) is 73.3 Å². The molecule has 16 aromatic rings. The minimum Gasteiger partial charge on any atom is -0.391 e. The fraction of sp³-hybridized carbons (Fsp3) is 0.235. The van der Waals surface area contributed by atoms with Gasteiger partial charge in [0, 0.05) is 113 Å². The van der Waals surface area contributed by atoms with Crippen molar-refractivity contribution in [2.24, 2.45) is 5.92 Å². The van der Waals surface area contributed by atoms with Crippen molar-refractivity contribution in [1.29, 1.82) is 0 Å². The average molecular weight is 1240 g/mol. The van der Waals surface area contributed by atoms with Gasteiger partial charge in [-0.1, -0.05) is 64.8 Å². The molecule has 0 aliphatic carbocycles. The SMILES string of the molecule is CC(O)Cn1cc2c(N)nc3cc(-c4ccn[nH]4)ccc3c2n1.CCC(C)Cn1cc2c(N)nc3cc(-c4ccn[nH]4)ccc3c2n1.CCCC(C)n1cc2c(N)nc3cc(-c4ccn[nH]4)ccc3c2n1.CCCn1cc2c(N)nc3cc(-c4ccn[nH]4)ccc3c2n1. The average Bonchev–Trinajstić information content (AvgIpc) is 1.73. The number of hydrogen-bond donors (Lipinski definition) is 9. The van der Waals surface area contributed by atoms with Gasteiger partial charge in [-0.05, 0) is 105 Å². The highest BCUT2D eigenvalue weighted by molar-refractivity contribution is 6.11. The Hall–Kier alpha value is -11.6. The first-order valence-electron chi connectivity index (χ1n) is 31.1. The Kier molecular flexibility index (Phi) is 16.7. The number of pyridine rings is 4. The molecular formula is C68H72N24O. The molecular weight excluding hydrogens is 1170 g/mol. The maximum atomic E-state index is 9.54. The molecule has 12 heterocycles. The van der Waals surface area contributed by atoms with Crippen LogP contribution in [0.2, 0.25) is 0 Å². The van der Waals surface area contributed by atoms with Crippen molar-refractivity contribution in [3.05, 3.63) is 147 Å². The van der Waals surface area contributed by atoms with Gasteiger partial charge < -0.3 is 28.0 Å². The molecule has 3 atom stereocenters. The topological polar surface area (TPSA) is 362 Å². The Labute approximate surface area is 532 Å². The van der Waals surface area contributed by atoms with Gasteiger partial charge in [0.05, 0.1) is 79.0 Å². The summed E-state index contributed by atoms with van der Waals surface area (Å²) >= 11 is 0. The summed E-state index contributed by atoms with van der Waals surface area (Å²) in [6.45, 7) is 14.8. The molecule has 470 valence electrons. The first-order chi connectivity index (χ1) is 45.2. The third-order valence-corrected chi connectivity index (χ3v) is 16.6. The van der Waals surface area contributed by atoms with Crippen LogP contribution in [-0.4, -0.2) is 111 Å². The number of fused-ring (bicyclic) bond motifs is 12. The molecule has 0 spiro atoms. The third-order valence-electron chi connectivity index (χ3n) is 16.6. The lowest BCUT2D eigenvalue weighted by molar-refractivity contribution is 0.169. The van der Waals surface area contributed by atoms with E-state index in [1.54, 1.807) is 36.4 Å². The lowest BCUT2D eigenvalue weighted by atomic mass is 10.1. The van der Waals surface area contributed by atoms with Gasteiger partial charge in [-0.3, -0.25) is 39.1 Å². The standard InChI is InChI=1S/2C18H20N6.C16H16N6O.C16H16N6/c1-3-11(2)9-24-10-14-17(23-24)13-5-4-12(15-6-7-20-22-15)8-16(13)21-18(14)19;1-3-4-11(2)24-10-14-17(23-24)13-6-5-12(15-7-8-20-22-15)9-16(13)21-18(14)19;1-9(23)7-22-8-12-15(21-22)11-3-2-10(13-4-5-18-20-13)6-14(11)19-16(12)17;1-2-7-22-9-12-15(21-22)11-4-3-10(13-5-6-18-20-13)8-14(11)19-16(12)17/h4-8,10-11H,3,9H2,1-2H3,(H2,19,21)(H,20,22);5-11H,3-4H2,1-2H3,(H2,19,21)(H,20,22);2-6,8-9,23H,7H2,1H3,(H2,17,19)(H,18,20);3-6,8-9H,2,7H2,1H3,(H2,17,19)(H,18,20). The molecule has 25 nitrogen and oxygen atoms in total. The number of anilines is 4. The highest BCUT2D eigenvalue weighted by Crippen LogP contribution is 2.35. The summed E-state index contributed by atoms with van der Waals surface area (Å²) in [5, 5.41) is 63.6. The summed E-state index contributed by atoms with van der Waals surface area (Å²) in [5.41, 5.74) is 39.3. The molecule has 12 aromatic heterocycles. The van der Waals surface area contributed by atoms with Gasteiger partial charge in [-0.15, -0.1) is 0 Å². The van der Waals surface area contributed by atoms with Crippen LogP contribution in [0.3, 0.4) is 0 Å². The number of hydrogen-bond acceptors (Lipinski definition) is 17. The summed E-state index contributed by atoms with van der Waals surface area (Å²) < 4.78 is 7.63. The molecule has 0 bridgehead atoms. The van der Waals surface area contributed by atoms with Gasteiger partial charge in [0.1, 0.15) is 45.3 Å². The number of aryl methyl sites for hydroxylation is 1. The molecule has 93 heavy (non-hydrogen) atoms. The normalized spacial score (nSPS) is 12.6. The van der Waals surface area contributed by atoms with Crippen LogP contribution >= 0.6 is 0 Å². The number of aliphatic hydroxyl groups is 1. The van der Waals surface area contributed by atoms with E-state index >= 15 is 0 Å². The number of nitrogens with zero attached hydrogens (tertiary/aromatic N) is 16. The molecule has 16 rings (SSSR count). The maximum Gasteiger partial charge on any atom is 0.135 e. The fourth-order valence-corrected chi connectivity index (χ4v) is 11.6. The summed E-state index contributed by atoms with van der Waals surface area (Å²) in [6, 6.07) is 32.4. The Morgan fingerprint density at radius 3 is 1.09 bits per heavy atom.